The van der Waals surface area contributed by atoms with E-state index in [1.165, 1.54) is 0 Å². The van der Waals surface area contributed by atoms with E-state index in [1.807, 2.05) is 50.1 Å². The lowest BCUT2D eigenvalue weighted by Crippen LogP contribution is -2.46. The molecule has 0 aliphatic carbocycles. The molecule has 1 aliphatic heterocycles. The number of rotatable bonds is 5. The molecule has 1 saturated heterocycles. The van der Waals surface area contributed by atoms with E-state index in [2.05, 4.69) is 5.32 Å². The lowest BCUT2D eigenvalue weighted by Gasteiger charge is -2.37. The summed E-state index contributed by atoms with van der Waals surface area (Å²) in [6.07, 6.45) is 2.92. The fourth-order valence-corrected chi connectivity index (χ4v) is 3.50. The third-order valence-corrected chi connectivity index (χ3v) is 4.74. The number of nitrogens with one attached hydrogen (secondary N) is 1. The van der Waals surface area contributed by atoms with Gasteiger partial charge in [-0.05, 0) is 56.5 Å². The van der Waals surface area contributed by atoms with Crippen molar-refractivity contribution in [1.82, 2.24) is 10.2 Å². The fraction of sp³-hybridized carbons (Fsp3) is 0.611. The zero-order valence-electron chi connectivity index (χ0n) is 13.9. The van der Waals surface area contributed by atoms with Crippen LogP contribution in [-0.2, 0) is 11.2 Å². The minimum atomic E-state index is -0.388. The third-order valence-electron chi connectivity index (χ3n) is 4.51. The lowest BCUT2D eigenvalue weighted by atomic mass is 9.83. The molecule has 0 saturated carbocycles. The van der Waals surface area contributed by atoms with Crippen molar-refractivity contribution in [3.8, 4) is 0 Å². The van der Waals surface area contributed by atoms with Gasteiger partial charge in [0.25, 0.3) is 0 Å². The van der Waals surface area contributed by atoms with Crippen molar-refractivity contribution in [2.24, 2.45) is 11.3 Å². The topological polar surface area (TPSA) is 32.3 Å². The number of carbonyl (C=O) groups excluding carboxylic acids is 1. The Morgan fingerprint density at radius 3 is 2.64 bits per heavy atom. The van der Waals surface area contributed by atoms with Gasteiger partial charge in [0.15, 0.2) is 0 Å². The Morgan fingerprint density at radius 2 is 2.05 bits per heavy atom. The number of amides is 1. The highest BCUT2D eigenvalue weighted by atomic mass is 35.5. The van der Waals surface area contributed by atoms with Gasteiger partial charge in [0.1, 0.15) is 0 Å². The van der Waals surface area contributed by atoms with Crippen LogP contribution in [0.25, 0.3) is 0 Å². The van der Waals surface area contributed by atoms with Gasteiger partial charge in [0.2, 0.25) is 5.91 Å². The van der Waals surface area contributed by atoms with Crippen molar-refractivity contribution < 1.29 is 4.79 Å². The highest BCUT2D eigenvalue weighted by Gasteiger charge is 2.34. The Hall–Kier alpha value is -1.06. The van der Waals surface area contributed by atoms with Gasteiger partial charge >= 0.3 is 0 Å². The number of hydrogen-bond donors (Lipinski definition) is 1. The van der Waals surface area contributed by atoms with Crippen LogP contribution in [0.2, 0.25) is 5.02 Å². The van der Waals surface area contributed by atoms with E-state index in [4.69, 9.17) is 11.6 Å². The number of nitrogens with zero attached hydrogens (tertiary/aromatic N) is 1. The molecular formula is C18H27ClN2O. The molecule has 1 N–H and O–H groups in total. The van der Waals surface area contributed by atoms with E-state index < -0.39 is 0 Å². The molecule has 2 rings (SSSR count). The van der Waals surface area contributed by atoms with Gasteiger partial charge < -0.3 is 10.2 Å². The molecule has 0 unspecified atom stereocenters. The Bertz CT molecular complexity index is 508. The summed E-state index contributed by atoms with van der Waals surface area (Å²) in [7, 11) is 1.99. The zero-order valence-corrected chi connectivity index (χ0v) is 14.6. The number of carbonyl (C=O) groups is 1. The summed E-state index contributed by atoms with van der Waals surface area (Å²) in [5, 5.41) is 3.96. The molecule has 0 radical (unpaired) electrons. The minimum Gasteiger partial charge on any atom is -0.342 e. The SMILES string of the molecule is CNCC1CCN(C(=O)C(C)(C)Cc2cccc(Cl)c2)CC1. The van der Waals surface area contributed by atoms with Crippen LogP contribution in [0.15, 0.2) is 24.3 Å². The standard InChI is InChI=1S/C18H27ClN2O/c1-18(2,12-15-5-4-6-16(19)11-15)17(22)21-9-7-14(8-10-21)13-20-3/h4-6,11,14,20H,7-10,12-13H2,1-3H3. The average Bonchev–Trinajstić information content (AvgIpc) is 2.47. The van der Waals surface area contributed by atoms with Gasteiger partial charge in [-0.25, -0.2) is 0 Å². The maximum Gasteiger partial charge on any atom is 0.228 e. The maximum absolute atomic E-state index is 12.9. The van der Waals surface area contributed by atoms with Crippen LogP contribution in [0.4, 0.5) is 0 Å². The first-order valence-corrected chi connectivity index (χ1v) is 8.48. The molecule has 1 heterocycles. The smallest absolute Gasteiger partial charge is 0.228 e. The second kappa shape index (κ2) is 7.47. The van der Waals surface area contributed by atoms with Crippen LogP contribution in [0, 0.1) is 11.3 Å². The van der Waals surface area contributed by atoms with Crippen LogP contribution >= 0.6 is 11.6 Å². The van der Waals surface area contributed by atoms with Crippen LogP contribution in [0.1, 0.15) is 32.3 Å². The quantitative estimate of drug-likeness (QED) is 0.901. The number of piperidine rings is 1. The fourth-order valence-electron chi connectivity index (χ4n) is 3.29. The van der Waals surface area contributed by atoms with Crippen molar-refractivity contribution in [2.75, 3.05) is 26.7 Å². The second-order valence-electron chi connectivity index (χ2n) is 6.98. The third kappa shape index (κ3) is 4.47. The van der Waals surface area contributed by atoms with Crippen LogP contribution < -0.4 is 5.32 Å². The van der Waals surface area contributed by atoms with E-state index in [-0.39, 0.29) is 11.3 Å². The van der Waals surface area contributed by atoms with Crippen LogP contribution in [-0.4, -0.2) is 37.5 Å². The molecular weight excluding hydrogens is 296 g/mol. The second-order valence-corrected chi connectivity index (χ2v) is 7.42. The normalized spacial score (nSPS) is 16.8. The van der Waals surface area contributed by atoms with Crippen molar-refractivity contribution in [3.05, 3.63) is 34.9 Å². The summed E-state index contributed by atoms with van der Waals surface area (Å²) >= 11 is 6.05. The predicted molar refractivity (Wildman–Crippen MR) is 92.2 cm³/mol. The highest BCUT2D eigenvalue weighted by molar-refractivity contribution is 6.30. The Labute approximate surface area is 139 Å². The molecule has 1 fully saturated rings. The summed E-state index contributed by atoms with van der Waals surface area (Å²) in [5.74, 6) is 0.959. The van der Waals surface area contributed by atoms with E-state index >= 15 is 0 Å². The molecule has 122 valence electrons. The van der Waals surface area contributed by atoms with Gasteiger partial charge in [0, 0.05) is 23.5 Å². The van der Waals surface area contributed by atoms with Crippen LogP contribution in [0.5, 0.6) is 0 Å². The van der Waals surface area contributed by atoms with Crippen LogP contribution in [0.3, 0.4) is 0 Å². The first-order chi connectivity index (χ1) is 10.4. The monoisotopic (exact) mass is 322 g/mol. The summed E-state index contributed by atoms with van der Waals surface area (Å²) in [5.41, 5.74) is 0.733. The number of benzene rings is 1. The molecule has 3 nitrogen and oxygen atoms in total. The lowest BCUT2D eigenvalue weighted by molar-refractivity contribution is -0.141. The number of hydrogen-bond acceptors (Lipinski definition) is 2. The molecule has 1 aliphatic rings. The maximum atomic E-state index is 12.9. The minimum absolute atomic E-state index is 0.260. The summed E-state index contributed by atoms with van der Waals surface area (Å²) < 4.78 is 0. The van der Waals surface area contributed by atoms with Gasteiger partial charge in [-0.3, -0.25) is 4.79 Å². The number of halogens is 1. The molecule has 0 bridgehead atoms. The van der Waals surface area contributed by atoms with E-state index in [0.717, 1.165) is 49.5 Å². The van der Waals surface area contributed by atoms with Gasteiger partial charge in [-0.15, -0.1) is 0 Å². The Balaban J connectivity index is 1.96. The summed E-state index contributed by atoms with van der Waals surface area (Å²) in [6, 6.07) is 7.81. The summed E-state index contributed by atoms with van der Waals surface area (Å²) in [4.78, 5) is 14.9. The highest BCUT2D eigenvalue weighted by Crippen LogP contribution is 2.28. The predicted octanol–water partition coefficient (Wildman–Crippen LogP) is 3.37. The molecule has 1 aromatic rings. The summed E-state index contributed by atoms with van der Waals surface area (Å²) in [6.45, 7) is 6.88. The molecule has 0 spiro atoms. The van der Waals surface area contributed by atoms with E-state index in [9.17, 15) is 4.79 Å². The van der Waals surface area contributed by atoms with Crippen molar-refractivity contribution in [1.29, 1.82) is 0 Å². The molecule has 0 aromatic heterocycles. The largest absolute Gasteiger partial charge is 0.342 e. The molecule has 1 aromatic carbocycles. The van der Waals surface area contributed by atoms with E-state index in [0.29, 0.717) is 5.92 Å². The molecule has 4 heteroatoms. The first kappa shape index (κ1) is 17.3. The van der Waals surface area contributed by atoms with Crippen molar-refractivity contribution in [2.45, 2.75) is 33.1 Å². The van der Waals surface area contributed by atoms with Gasteiger partial charge in [-0.2, -0.15) is 0 Å². The zero-order chi connectivity index (χ0) is 16.2. The number of likely N-dealkylation sites (tertiary alicyclic amines) is 1. The van der Waals surface area contributed by atoms with Crippen molar-refractivity contribution >= 4 is 17.5 Å². The van der Waals surface area contributed by atoms with Gasteiger partial charge in [0.05, 0.1) is 0 Å². The first-order valence-electron chi connectivity index (χ1n) is 8.11. The average molecular weight is 323 g/mol. The van der Waals surface area contributed by atoms with Crippen molar-refractivity contribution in [3.63, 3.8) is 0 Å². The Morgan fingerprint density at radius 1 is 1.36 bits per heavy atom. The molecule has 0 atom stereocenters. The van der Waals surface area contributed by atoms with Gasteiger partial charge in [-0.1, -0.05) is 37.6 Å². The van der Waals surface area contributed by atoms with E-state index in [1.54, 1.807) is 0 Å². The molecule has 1 amide bonds. The molecule has 22 heavy (non-hydrogen) atoms. The Kier molecular flexibility index (Phi) is 5.87.